The molecule has 0 heterocycles. The Balaban J connectivity index is 2.78. The van der Waals surface area contributed by atoms with Crippen LogP contribution in [0.4, 0.5) is 4.79 Å². The van der Waals surface area contributed by atoms with Crippen molar-refractivity contribution in [2.75, 3.05) is 0 Å². The van der Waals surface area contributed by atoms with Gasteiger partial charge in [0.05, 0.1) is 0 Å². The van der Waals surface area contributed by atoms with Gasteiger partial charge in [0.1, 0.15) is 11.4 Å². The summed E-state index contributed by atoms with van der Waals surface area (Å²) in [7, 11) is 0. The first-order chi connectivity index (χ1) is 7.29. The van der Waals surface area contributed by atoms with Crippen LogP contribution in [0.25, 0.3) is 0 Å². The Bertz CT molecular complexity index is 368. The molecule has 16 heavy (non-hydrogen) atoms. The van der Waals surface area contributed by atoms with Crippen molar-refractivity contribution in [3.63, 3.8) is 0 Å². The van der Waals surface area contributed by atoms with E-state index in [1.165, 1.54) is 0 Å². The molecule has 0 spiro atoms. The van der Waals surface area contributed by atoms with Gasteiger partial charge >= 0.3 is 6.16 Å². The molecule has 0 aliphatic heterocycles. The van der Waals surface area contributed by atoms with E-state index in [2.05, 4.69) is 6.07 Å². The lowest BCUT2D eigenvalue weighted by atomic mass is 10.1. The van der Waals surface area contributed by atoms with Crippen LogP contribution in [-0.2, 0) is 4.74 Å². The third-order valence-corrected chi connectivity index (χ3v) is 1.89. The highest BCUT2D eigenvalue weighted by Crippen LogP contribution is 2.23. The number of rotatable bonds is 1. The van der Waals surface area contributed by atoms with Crippen molar-refractivity contribution in [3.05, 3.63) is 29.3 Å². The molecule has 0 bridgehead atoms. The Morgan fingerprint density at radius 3 is 2.12 bits per heavy atom. The Kier molecular flexibility index (Phi) is 3.58. The van der Waals surface area contributed by atoms with Crippen molar-refractivity contribution in [3.8, 4) is 5.75 Å². The largest absolute Gasteiger partial charge is 0.514 e. The molecule has 1 aromatic carbocycles. The Morgan fingerprint density at radius 1 is 1.19 bits per heavy atom. The topological polar surface area (TPSA) is 35.5 Å². The predicted molar refractivity (Wildman–Crippen MR) is 61.6 cm³/mol. The van der Waals surface area contributed by atoms with E-state index in [9.17, 15) is 4.79 Å². The molecule has 1 radical (unpaired) electrons. The normalized spacial score (nSPS) is 11.1. The molecule has 0 aliphatic carbocycles. The molecule has 3 heteroatoms. The average molecular weight is 221 g/mol. The van der Waals surface area contributed by atoms with Crippen molar-refractivity contribution in [1.29, 1.82) is 0 Å². The molecular weight excluding hydrogens is 204 g/mol. The number of aryl methyl sites for hydroxylation is 2. The Hall–Kier alpha value is -1.51. The maximum atomic E-state index is 11.5. The van der Waals surface area contributed by atoms with E-state index in [0.29, 0.717) is 5.75 Å². The van der Waals surface area contributed by atoms with E-state index >= 15 is 0 Å². The van der Waals surface area contributed by atoms with Gasteiger partial charge in [0.2, 0.25) is 0 Å². The minimum absolute atomic E-state index is 0.542. The number of carbonyl (C=O) groups is 1. The monoisotopic (exact) mass is 221 g/mol. The first-order valence-electron chi connectivity index (χ1n) is 5.18. The summed E-state index contributed by atoms with van der Waals surface area (Å²) >= 11 is 0. The lowest BCUT2D eigenvalue weighted by molar-refractivity contribution is 0.0203. The standard InChI is InChI=1S/C13H17O3/c1-9-7-6-8-10(2)11(9)15-12(14)16-13(3,4)5/h7-8H,1-5H3. The second kappa shape index (κ2) is 4.56. The number of carbonyl (C=O) groups excluding carboxylic acids is 1. The van der Waals surface area contributed by atoms with Crippen LogP contribution < -0.4 is 4.74 Å². The van der Waals surface area contributed by atoms with Gasteiger partial charge in [0.15, 0.2) is 0 Å². The zero-order valence-corrected chi connectivity index (χ0v) is 10.4. The van der Waals surface area contributed by atoms with Gasteiger partial charge in [-0.05, 0) is 63.9 Å². The van der Waals surface area contributed by atoms with Crippen LogP contribution in [0.15, 0.2) is 12.1 Å². The molecule has 0 aliphatic rings. The van der Waals surface area contributed by atoms with Crippen LogP contribution in [0.5, 0.6) is 5.75 Å². The first kappa shape index (κ1) is 12.6. The van der Waals surface area contributed by atoms with Gasteiger partial charge in [0, 0.05) is 0 Å². The predicted octanol–water partition coefficient (Wildman–Crippen LogP) is 3.42. The summed E-state index contributed by atoms with van der Waals surface area (Å²) in [6, 6.07) is 6.50. The van der Waals surface area contributed by atoms with Gasteiger partial charge in [-0.1, -0.05) is 0 Å². The molecule has 3 nitrogen and oxygen atoms in total. The second-order valence-corrected chi connectivity index (χ2v) is 4.72. The number of hydrogen-bond donors (Lipinski definition) is 0. The molecule has 0 aromatic heterocycles. The summed E-state index contributed by atoms with van der Waals surface area (Å²) in [5.74, 6) is 0.549. The van der Waals surface area contributed by atoms with E-state index in [-0.39, 0.29) is 0 Å². The van der Waals surface area contributed by atoms with Gasteiger partial charge in [0.25, 0.3) is 0 Å². The van der Waals surface area contributed by atoms with Crippen LogP contribution in [0.3, 0.4) is 0 Å². The van der Waals surface area contributed by atoms with Gasteiger partial charge in [-0.3, -0.25) is 0 Å². The van der Waals surface area contributed by atoms with Crippen molar-refractivity contribution < 1.29 is 14.3 Å². The van der Waals surface area contributed by atoms with Crippen LogP contribution in [0.2, 0.25) is 0 Å². The molecule has 87 valence electrons. The SMILES string of the molecule is Cc1c[c]cc(C)c1OC(=O)OC(C)(C)C. The molecule has 0 amide bonds. The number of hydrogen-bond acceptors (Lipinski definition) is 3. The Morgan fingerprint density at radius 2 is 1.69 bits per heavy atom. The number of ether oxygens (including phenoxy) is 2. The molecule has 1 aromatic rings. The van der Waals surface area contributed by atoms with Gasteiger partial charge in [-0.2, -0.15) is 0 Å². The van der Waals surface area contributed by atoms with Crippen molar-refractivity contribution in [2.45, 2.75) is 40.2 Å². The lowest BCUT2D eigenvalue weighted by Gasteiger charge is -2.19. The van der Waals surface area contributed by atoms with E-state index in [4.69, 9.17) is 9.47 Å². The highest BCUT2D eigenvalue weighted by Gasteiger charge is 2.19. The van der Waals surface area contributed by atoms with E-state index in [1.54, 1.807) is 32.9 Å². The zero-order chi connectivity index (χ0) is 12.3. The molecule has 0 unspecified atom stereocenters. The van der Waals surface area contributed by atoms with Crippen LogP contribution in [-0.4, -0.2) is 11.8 Å². The summed E-state index contributed by atoms with van der Waals surface area (Å²) in [5.41, 5.74) is 1.19. The quantitative estimate of drug-likeness (QED) is 0.538. The fourth-order valence-electron chi connectivity index (χ4n) is 1.25. The highest BCUT2D eigenvalue weighted by atomic mass is 16.7. The highest BCUT2D eigenvalue weighted by molar-refractivity contribution is 5.65. The van der Waals surface area contributed by atoms with Crippen molar-refractivity contribution >= 4 is 6.16 Å². The molecule has 0 saturated heterocycles. The average Bonchev–Trinajstić information content (AvgIpc) is 2.08. The van der Waals surface area contributed by atoms with E-state index < -0.39 is 11.8 Å². The molecule has 1 rings (SSSR count). The fraction of sp³-hybridized carbons (Fsp3) is 0.462. The molecule has 0 fully saturated rings. The summed E-state index contributed by atoms with van der Waals surface area (Å²) in [5, 5.41) is 0. The minimum atomic E-state index is -0.676. The second-order valence-electron chi connectivity index (χ2n) is 4.72. The maximum Gasteiger partial charge on any atom is 0.514 e. The van der Waals surface area contributed by atoms with Crippen LogP contribution >= 0.6 is 0 Å². The minimum Gasteiger partial charge on any atom is -0.428 e. The summed E-state index contributed by atoms with van der Waals surface area (Å²) in [4.78, 5) is 11.5. The fourth-order valence-corrected chi connectivity index (χ4v) is 1.25. The Labute approximate surface area is 96.4 Å². The van der Waals surface area contributed by atoms with Crippen LogP contribution in [0.1, 0.15) is 31.9 Å². The van der Waals surface area contributed by atoms with E-state index in [0.717, 1.165) is 11.1 Å². The molecule has 0 atom stereocenters. The zero-order valence-electron chi connectivity index (χ0n) is 10.4. The van der Waals surface area contributed by atoms with Crippen molar-refractivity contribution in [2.24, 2.45) is 0 Å². The van der Waals surface area contributed by atoms with Crippen LogP contribution in [0, 0.1) is 19.9 Å². The third-order valence-electron chi connectivity index (χ3n) is 1.89. The third kappa shape index (κ3) is 3.57. The van der Waals surface area contributed by atoms with Gasteiger partial charge in [-0.15, -0.1) is 0 Å². The molecule has 0 saturated carbocycles. The molecular formula is C13H17O3. The van der Waals surface area contributed by atoms with Crippen molar-refractivity contribution in [1.82, 2.24) is 0 Å². The maximum absolute atomic E-state index is 11.5. The van der Waals surface area contributed by atoms with E-state index in [1.807, 2.05) is 13.8 Å². The smallest absolute Gasteiger partial charge is 0.428 e. The number of benzene rings is 1. The lowest BCUT2D eigenvalue weighted by Crippen LogP contribution is -2.26. The summed E-state index contributed by atoms with van der Waals surface area (Å²) in [6.45, 7) is 9.12. The summed E-state index contributed by atoms with van der Waals surface area (Å²) in [6.07, 6.45) is -0.676. The van der Waals surface area contributed by atoms with Gasteiger partial charge < -0.3 is 9.47 Å². The first-order valence-corrected chi connectivity index (χ1v) is 5.18. The van der Waals surface area contributed by atoms with Gasteiger partial charge in [-0.25, -0.2) is 4.79 Å². The summed E-state index contributed by atoms with van der Waals surface area (Å²) < 4.78 is 10.3. The molecule has 0 N–H and O–H groups in total.